The van der Waals surface area contributed by atoms with Crippen molar-refractivity contribution < 1.29 is 9.15 Å². The first-order valence-electron chi connectivity index (χ1n) is 4.79. The standard InChI is InChI=1S/C8H15N2O2PS2/c1-3-8-15-13(14,11-4-2)12-10-7-5-6-9-10/h5-7H,3-4,8H2,1-2H3. The van der Waals surface area contributed by atoms with Gasteiger partial charge in [-0.25, -0.2) is 0 Å². The van der Waals surface area contributed by atoms with E-state index in [0.29, 0.717) is 6.61 Å². The zero-order chi connectivity index (χ0) is 11.1. The summed E-state index contributed by atoms with van der Waals surface area (Å²) >= 11 is 6.95. The minimum absolute atomic E-state index is 0.565. The summed E-state index contributed by atoms with van der Waals surface area (Å²) in [5, 5.41) is 3.95. The molecule has 0 saturated carbocycles. The summed E-state index contributed by atoms with van der Waals surface area (Å²) in [6.45, 7) is 4.59. The molecule has 86 valence electrons. The summed E-state index contributed by atoms with van der Waals surface area (Å²) < 4.78 is 11.1. The maximum Gasteiger partial charge on any atom is 0.321 e. The van der Waals surface area contributed by atoms with Crippen molar-refractivity contribution in [1.29, 1.82) is 0 Å². The first-order chi connectivity index (χ1) is 7.20. The van der Waals surface area contributed by atoms with E-state index in [9.17, 15) is 0 Å². The van der Waals surface area contributed by atoms with Crippen molar-refractivity contribution in [3.05, 3.63) is 18.5 Å². The Morgan fingerprint density at radius 2 is 2.33 bits per heavy atom. The summed E-state index contributed by atoms with van der Waals surface area (Å²) in [5.74, 6) is 0.943. The van der Waals surface area contributed by atoms with Gasteiger partial charge in [-0.15, -0.1) is 5.10 Å². The average Bonchev–Trinajstić information content (AvgIpc) is 2.68. The maximum absolute atomic E-state index is 5.56. The number of hydrogen-bond donors (Lipinski definition) is 0. The van der Waals surface area contributed by atoms with Crippen LogP contribution in [0.2, 0.25) is 0 Å². The first kappa shape index (κ1) is 13.0. The van der Waals surface area contributed by atoms with Gasteiger partial charge in [-0.1, -0.05) is 23.2 Å². The fraction of sp³-hybridized carbons (Fsp3) is 0.625. The highest BCUT2D eigenvalue weighted by atomic mass is 32.9. The van der Waals surface area contributed by atoms with Gasteiger partial charge in [0.2, 0.25) is 0 Å². The van der Waals surface area contributed by atoms with Crippen LogP contribution in [0.5, 0.6) is 0 Å². The lowest BCUT2D eigenvalue weighted by Gasteiger charge is -2.19. The quantitative estimate of drug-likeness (QED) is 0.709. The Hall–Kier alpha value is -0.0300. The van der Waals surface area contributed by atoms with Crippen molar-refractivity contribution in [1.82, 2.24) is 9.94 Å². The van der Waals surface area contributed by atoms with Crippen LogP contribution in [-0.2, 0) is 16.3 Å². The molecule has 1 rings (SSSR count). The van der Waals surface area contributed by atoms with Crippen molar-refractivity contribution in [2.45, 2.75) is 20.3 Å². The molecule has 4 nitrogen and oxygen atoms in total. The molecule has 0 amide bonds. The summed E-state index contributed by atoms with van der Waals surface area (Å²) in [6.07, 6.45) is 4.42. The zero-order valence-corrected chi connectivity index (χ0v) is 11.4. The summed E-state index contributed by atoms with van der Waals surface area (Å²) in [5.41, 5.74) is -2.27. The second-order valence-corrected chi connectivity index (χ2v) is 9.02. The Kier molecular flexibility index (Phi) is 5.68. The molecule has 1 aromatic heterocycles. The lowest BCUT2D eigenvalue weighted by Crippen LogP contribution is -2.09. The fourth-order valence-electron chi connectivity index (χ4n) is 0.851. The third-order valence-electron chi connectivity index (χ3n) is 1.40. The zero-order valence-electron chi connectivity index (χ0n) is 8.83. The van der Waals surface area contributed by atoms with Crippen molar-refractivity contribution >= 4 is 28.9 Å². The molecule has 7 heteroatoms. The normalized spacial score (nSPS) is 14.8. The second-order valence-electron chi connectivity index (χ2n) is 2.69. The van der Waals surface area contributed by atoms with Crippen molar-refractivity contribution in [2.24, 2.45) is 0 Å². The van der Waals surface area contributed by atoms with E-state index in [2.05, 4.69) is 12.0 Å². The predicted molar refractivity (Wildman–Crippen MR) is 67.5 cm³/mol. The monoisotopic (exact) mass is 266 g/mol. The van der Waals surface area contributed by atoms with Crippen molar-refractivity contribution in [3.63, 3.8) is 0 Å². The van der Waals surface area contributed by atoms with Gasteiger partial charge in [0.15, 0.2) is 0 Å². The van der Waals surface area contributed by atoms with Gasteiger partial charge in [0.25, 0.3) is 0 Å². The van der Waals surface area contributed by atoms with E-state index in [-0.39, 0.29) is 0 Å². The van der Waals surface area contributed by atoms with Crippen LogP contribution < -0.4 is 4.62 Å². The smallest absolute Gasteiger partial charge is 0.321 e. The highest BCUT2D eigenvalue weighted by molar-refractivity contribution is 8.67. The predicted octanol–water partition coefficient (Wildman–Crippen LogP) is 2.72. The summed E-state index contributed by atoms with van der Waals surface area (Å²) in [6, 6.07) is 1.79. The fourth-order valence-corrected chi connectivity index (χ4v) is 5.34. The number of hydrogen-bond acceptors (Lipinski definition) is 5. The molecule has 0 aliphatic carbocycles. The van der Waals surface area contributed by atoms with E-state index in [4.69, 9.17) is 21.0 Å². The molecule has 1 aromatic rings. The van der Waals surface area contributed by atoms with Gasteiger partial charge in [-0.2, -0.15) is 0 Å². The Labute approximate surface area is 99.2 Å². The lowest BCUT2D eigenvalue weighted by molar-refractivity contribution is 0.214. The Balaban J connectivity index is 2.60. The SMILES string of the molecule is CCCSP(=S)(OCC)On1cccn1. The highest BCUT2D eigenvalue weighted by Gasteiger charge is 2.21. The van der Waals surface area contributed by atoms with Crippen LogP contribution in [0.4, 0.5) is 0 Å². The highest BCUT2D eigenvalue weighted by Crippen LogP contribution is 2.58. The molecule has 0 N–H and O–H groups in total. The molecule has 0 aliphatic heterocycles. The van der Waals surface area contributed by atoms with Crippen molar-refractivity contribution in [3.8, 4) is 0 Å². The molecule has 15 heavy (non-hydrogen) atoms. The van der Waals surface area contributed by atoms with Crippen LogP contribution in [-0.4, -0.2) is 22.3 Å². The van der Waals surface area contributed by atoms with Crippen molar-refractivity contribution in [2.75, 3.05) is 12.4 Å². The van der Waals surface area contributed by atoms with E-state index in [1.807, 2.05) is 6.92 Å². The van der Waals surface area contributed by atoms with Crippen LogP contribution >= 0.6 is 17.1 Å². The molecule has 0 fully saturated rings. The Morgan fingerprint density at radius 3 is 2.87 bits per heavy atom. The topological polar surface area (TPSA) is 36.3 Å². The lowest BCUT2D eigenvalue weighted by atomic mass is 10.6. The maximum atomic E-state index is 5.56. The summed E-state index contributed by atoms with van der Waals surface area (Å²) in [4.78, 5) is 1.37. The van der Waals surface area contributed by atoms with Crippen LogP contribution in [0.3, 0.4) is 0 Å². The molecule has 0 spiro atoms. The van der Waals surface area contributed by atoms with E-state index in [1.165, 1.54) is 4.85 Å². The van der Waals surface area contributed by atoms with E-state index in [0.717, 1.165) is 12.2 Å². The second kappa shape index (κ2) is 6.53. The number of aromatic nitrogens is 2. The van der Waals surface area contributed by atoms with Gasteiger partial charge in [0, 0.05) is 5.75 Å². The van der Waals surface area contributed by atoms with Crippen LogP contribution in [0, 0.1) is 0 Å². The molecule has 1 heterocycles. The molecule has 1 unspecified atom stereocenters. The van der Waals surface area contributed by atoms with Crippen LogP contribution in [0.25, 0.3) is 0 Å². The third kappa shape index (κ3) is 4.55. The van der Waals surface area contributed by atoms with E-state index >= 15 is 0 Å². The Morgan fingerprint density at radius 1 is 1.53 bits per heavy atom. The van der Waals surface area contributed by atoms with Gasteiger partial charge in [-0.3, -0.25) is 0 Å². The van der Waals surface area contributed by atoms with Crippen LogP contribution in [0.1, 0.15) is 20.3 Å². The molecule has 1 atom stereocenters. The number of rotatable bonds is 7. The number of nitrogens with zero attached hydrogens (tertiary/aromatic N) is 2. The van der Waals surface area contributed by atoms with E-state index in [1.54, 1.807) is 29.8 Å². The molecule has 0 bridgehead atoms. The minimum atomic E-state index is -2.27. The summed E-state index contributed by atoms with van der Waals surface area (Å²) in [7, 11) is 0. The molecule has 0 saturated heterocycles. The van der Waals surface area contributed by atoms with Crippen LogP contribution in [0.15, 0.2) is 18.5 Å². The minimum Gasteiger partial charge on any atom is -0.331 e. The molecule has 0 radical (unpaired) electrons. The van der Waals surface area contributed by atoms with Gasteiger partial charge in [0.05, 0.1) is 19.0 Å². The molecule has 0 aromatic carbocycles. The Bertz CT molecular complexity index is 318. The van der Waals surface area contributed by atoms with Gasteiger partial charge in [0.1, 0.15) is 0 Å². The molecule has 0 aliphatic rings. The molecular formula is C8H15N2O2PS2. The van der Waals surface area contributed by atoms with E-state index < -0.39 is 5.69 Å². The third-order valence-corrected chi connectivity index (χ3v) is 6.73. The van der Waals surface area contributed by atoms with Gasteiger partial charge in [-0.05, 0) is 31.2 Å². The van der Waals surface area contributed by atoms with Gasteiger partial charge >= 0.3 is 5.69 Å². The molecular weight excluding hydrogens is 251 g/mol. The van der Waals surface area contributed by atoms with Gasteiger partial charge < -0.3 is 9.15 Å². The average molecular weight is 266 g/mol. The largest absolute Gasteiger partial charge is 0.331 e. The first-order valence-corrected chi connectivity index (χ1v) is 9.02.